The van der Waals surface area contributed by atoms with Crippen LogP contribution in [0, 0.1) is 0 Å². The predicted octanol–water partition coefficient (Wildman–Crippen LogP) is 1.71. The third kappa shape index (κ3) is 4.91. The molecule has 5 heteroatoms. The second kappa shape index (κ2) is 8.02. The van der Waals surface area contributed by atoms with Crippen molar-refractivity contribution >= 4 is 11.9 Å². The molecule has 0 saturated heterocycles. The molecule has 1 aromatic heterocycles. The number of carbonyl (C=O) groups is 2. The van der Waals surface area contributed by atoms with Crippen LogP contribution in [0.15, 0.2) is 37.2 Å². The van der Waals surface area contributed by atoms with Crippen LogP contribution in [0.4, 0.5) is 0 Å². The van der Waals surface area contributed by atoms with Gasteiger partial charge in [0, 0.05) is 12.4 Å². The van der Waals surface area contributed by atoms with Crippen molar-refractivity contribution in [2.24, 2.45) is 0 Å². The van der Waals surface area contributed by atoms with Crippen molar-refractivity contribution in [3.8, 4) is 0 Å². The second-order valence-corrected chi connectivity index (χ2v) is 4.01. The summed E-state index contributed by atoms with van der Waals surface area (Å²) in [6.45, 7) is 3.62. The number of unbranched alkanes of at least 4 members (excludes halogenated alkanes) is 1. The first-order valence-corrected chi connectivity index (χ1v) is 6.08. The Bertz CT molecular complexity index is 432. The van der Waals surface area contributed by atoms with Gasteiger partial charge in [-0.3, -0.25) is 9.78 Å². The van der Waals surface area contributed by atoms with Gasteiger partial charge in [-0.25, -0.2) is 4.79 Å². The first-order valence-electron chi connectivity index (χ1n) is 6.08. The highest BCUT2D eigenvalue weighted by molar-refractivity contribution is 5.96. The van der Waals surface area contributed by atoms with E-state index in [4.69, 9.17) is 0 Å². The van der Waals surface area contributed by atoms with Crippen LogP contribution >= 0.6 is 0 Å². The maximum Gasteiger partial charge on any atom is 0.328 e. The molecule has 1 atom stereocenters. The summed E-state index contributed by atoms with van der Waals surface area (Å²) in [5, 5.41) is 2.66. The van der Waals surface area contributed by atoms with E-state index in [0.29, 0.717) is 12.0 Å². The fourth-order valence-corrected chi connectivity index (χ4v) is 1.60. The van der Waals surface area contributed by atoms with E-state index < -0.39 is 12.0 Å². The van der Waals surface area contributed by atoms with Crippen molar-refractivity contribution in [2.75, 3.05) is 7.11 Å². The molecule has 0 fully saturated rings. The number of allylic oxidation sites excluding steroid dienone is 1. The van der Waals surface area contributed by atoms with Gasteiger partial charge >= 0.3 is 5.97 Å². The molecule has 0 aromatic carbocycles. The number of aromatic nitrogens is 1. The zero-order valence-corrected chi connectivity index (χ0v) is 11.0. The highest BCUT2D eigenvalue weighted by Crippen LogP contribution is 2.05. The molecule has 0 saturated carbocycles. The van der Waals surface area contributed by atoms with E-state index in [1.807, 2.05) is 0 Å². The van der Waals surface area contributed by atoms with Gasteiger partial charge in [0.05, 0.1) is 12.7 Å². The van der Waals surface area contributed by atoms with E-state index in [1.165, 1.54) is 13.3 Å². The van der Waals surface area contributed by atoms with Crippen LogP contribution in [0.3, 0.4) is 0 Å². The average Bonchev–Trinajstić information content (AvgIpc) is 2.46. The zero-order valence-electron chi connectivity index (χ0n) is 11.0. The Labute approximate surface area is 112 Å². The highest BCUT2D eigenvalue weighted by Gasteiger charge is 2.21. The minimum atomic E-state index is -0.641. The van der Waals surface area contributed by atoms with Gasteiger partial charge in [-0.05, 0) is 31.4 Å². The summed E-state index contributed by atoms with van der Waals surface area (Å²) in [7, 11) is 1.30. The summed E-state index contributed by atoms with van der Waals surface area (Å²) in [5.41, 5.74) is 0.417. The number of hydrogen-bond acceptors (Lipinski definition) is 4. The van der Waals surface area contributed by atoms with Crippen molar-refractivity contribution < 1.29 is 14.3 Å². The number of pyridine rings is 1. The molecule has 0 spiro atoms. The normalized spacial score (nSPS) is 11.4. The lowest BCUT2D eigenvalue weighted by Gasteiger charge is -2.16. The quantitative estimate of drug-likeness (QED) is 0.461. The van der Waals surface area contributed by atoms with Crippen molar-refractivity contribution in [3.63, 3.8) is 0 Å². The Kier molecular flexibility index (Phi) is 6.29. The zero-order chi connectivity index (χ0) is 14.1. The number of carbonyl (C=O) groups excluding carboxylic acids is 2. The average molecular weight is 262 g/mol. The summed E-state index contributed by atoms with van der Waals surface area (Å²) >= 11 is 0. The lowest BCUT2D eigenvalue weighted by atomic mass is 10.1. The molecule has 0 radical (unpaired) electrons. The molecule has 1 amide bonds. The van der Waals surface area contributed by atoms with Crippen LogP contribution in [0.1, 0.15) is 29.6 Å². The van der Waals surface area contributed by atoms with Gasteiger partial charge in [0.2, 0.25) is 0 Å². The summed E-state index contributed by atoms with van der Waals surface area (Å²) in [5.74, 6) is -0.775. The molecule has 5 nitrogen and oxygen atoms in total. The number of ether oxygens (including phenoxy) is 1. The van der Waals surface area contributed by atoms with E-state index >= 15 is 0 Å². The molecule has 1 heterocycles. The number of nitrogens with zero attached hydrogens (tertiary/aromatic N) is 1. The Morgan fingerprint density at radius 1 is 1.58 bits per heavy atom. The fourth-order valence-electron chi connectivity index (χ4n) is 1.60. The first-order chi connectivity index (χ1) is 9.19. The molecular weight excluding hydrogens is 244 g/mol. The van der Waals surface area contributed by atoms with Crippen LogP contribution in [-0.4, -0.2) is 30.0 Å². The Balaban J connectivity index is 2.63. The molecule has 0 unspecified atom stereocenters. The third-order valence-corrected chi connectivity index (χ3v) is 2.62. The van der Waals surface area contributed by atoms with Gasteiger partial charge in [-0.15, -0.1) is 6.58 Å². The smallest absolute Gasteiger partial charge is 0.328 e. The fraction of sp³-hybridized carbons (Fsp3) is 0.357. The Hall–Kier alpha value is -2.17. The molecule has 1 aromatic rings. The molecule has 0 aliphatic carbocycles. The van der Waals surface area contributed by atoms with E-state index in [0.717, 1.165) is 12.8 Å². The monoisotopic (exact) mass is 262 g/mol. The van der Waals surface area contributed by atoms with Gasteiger partial charge in [0.25, 0.3) is 5.91 Å². The molecule has 0 bridgehead atoms. The minimum Gasteiger partial charge on any atom is -0.467 e. The van der Waals surface area contributed by atoms with Crippen LogP contribution in [-0.2, 0) is 9.53 Å². The minimum absolute atomic E-state index is 0.331. The SMILES string of the molecule is C=CCCC[C@@H](NC(=O)c1cccnc1)C(=O)OC. The maximum absolute atomic E-state index is 11.9. The van der Waals surface area contributed by atoms with Gasteiger partial charge in [0.1, 0.15) is 6.04 Å². The van der Waals surface area contributed by atoms with Crippen molar-refractivity contribution in [1.82, 2.24) is 10.3 Å². The number of amides is 1. The van der Waals surface area contributed by atoms with Crippen molar-refractivity contribution in [2.45, 2.75) is 25.3 Å². The number of esters is 1. The third-order valence-electron chi connectivity index (χ3n) is 2.62. The van der Waals surface area contributed by atoms with Crippen LogP contribution in [0.2, 0.25) is 0 Å². The standard InChI is InChI=1S/C14H18N2O3/c1-3-4-5-8-12(14(18)19-2)16-13(17)11-7-6-9-15-10-11/h3,6-7,9-10,12H,1,4-5,8H2,2H3,(H,16,17)/t12-/m1/s1. The largest absolute Gasteiger partial charge is 0.467 e. The Morgan fingerprint density at radius 3 is 2.95 bits per heavy atom. The predicted molar refractivity (Wildman–Crippen MR) is 71.6 cm³/mol. The van der Waals surface area contributed by atoms with Gasteiger partial charge in [0.15, 0.2) is 0 Å². The maximum atomic E-state index is 11.9. The van der Waals surface area contributed by atoms with Crippen LogP contribution in [0.5, 0.6) is 0 Å². The molecule has 102 valence electrons. The summed E-state index contributed by atoms with van der Waals surface area (Å²) in [4.78, 5) is 27.4. The lowest BCUT2D eigenvalue weighted by molar-refractivity contribution is -0.143. The molecule has 1 N–H and O–H groups in total. The number of rotatable bonds is 7. The summed E-state index contributed by atoms with van der Waals surface area (Å²) in [6.07, 6.45) is 6.88. The highest BCUT2D eigenvalue weighted by atomic mass is 16.5. The number of methoxy groups -OCH3 is 1. The van der Waals surface area contributed by atoms with Gasteiger partial charge in [-0.2, -0.15) is 0 Å². The van der Waals surface area contributed by atoms with E-state index in [1.54, 1.807) is 24.4 Å². The van der Waals surface area contributed by atoms with Crippen LogP contribution in [0.25, 0.3) is 0 Å². The first kappa shape index (κ1) is 14.9. The number of nitrogens with one attached hydrogen (secondary N) is 1. The summed E-state index contributed by atoms with van der Waals surface area (Å²) in [6, 6.07) is 2.66. The Morgan fingerprint density at radius 2 is 2.37 bits per heavy atom. The van der Waals surface area contributed by atoms with Gasteiger partial charge in [-0.1, -0.05) is 6.08 Å². The van der Waals surface area contributed by atoms with Gasteiger partial charge < -0.3 is 10.1 Å². The molecule has 0 aliphatic heterocycles. The van der Waals surface area contributed by atoms with E-state index in [9.17, 15) is 9.59 Å². The lowest BCUT2D eigenvalue weighted by Crippen LogP contribution is -2.41. The van der Waals surface area contributed by atoms with Crippen LogP contribution < -0.4 is 5.32 Å². The molecule has 0 aliphatic rings. The van der Waals surface area contributed by atoms with Crippen molar-refractivity contribution in [3.05, 3.63) is 42.7 Å². The van der Waals surface area contributed by atoms with E-state index in [2.05, 4.69) is 21.6 Å². The van der Waals surface area contributed by atoms with Crippen molar-refractivity contribution in [1.29, 1.82) is 0 Å². The van der Waals surface area contributed by atoms with E-state index in [-0.39, 0.29) is 5.91 Å². The molecule has 1 rings (SSSR count). The number of hydrogen-bond donors (Lipinski definition) is 1. The molecular formula is C14H18N2O3. The summed E-state index contributed by atoms with van der Waals surface area (Å²) < 4.78 is 4.68. The second-order valence-electron chi connectivity index (χ2n) is 4.01. The topological polar surface area (TPSA) is 68.3 Å². The molecule has 19 heavy (non-hydrogen) atoms.